The molecule has 1 aromatic rings. The van der Waals surface area contributed by atoms with Gasteiger partial charge in [-0.15, -0.1) is 0 Å². The van der Waals surface area contributed by atoms with E-state index in [1.807, 2.05) is 7.05 Å². The number of sulfonamides is 1. The SMILES string of the molecule is CN1CCCC(NS(=O)(=O)c2ccc(Cl)c(N)c2Cl)C1. The Kier molecular flexibility index (Phi) is 4.81. The molecule has 3 N–H and O–H groups in total. The molecule has 1 atom stereocenters. The summed E-state index contributed by atoms with van der Waals surface area (Å²) < 4.78 is 27.4. The lowest BCUT2D eigenvalue weighted by molar-refractivity contribution is 0.242. The number of likely N-dealkylation sites (N-methyl/N-ethyl adjacent to an activating group) is 1. The Morgan fingerprint density at radius 3 is 2.75 bits per heavy atom. The van der Waals surface area contributed by atoms with Crippen molar-refractivity contribution in [3.05, 3.63) is 22.2 Å². The average molecular weight is 338 g/mol. The third kappa shape index (κ3) is 3.38. The molecule has 5 nitrogen and oxygen atoms in total. The molecule has 1 aliphatic heterocycles. The zero-order chi connectivity index (χ0) is 14.9. The minimum Gasteiger partial charge on any atom is -0.396 e. The van der Waals surface area contributed by atoms with Gasteiger partial charge in [-0.3, -0.25) is 0 Å². The van der Waals surface area contributed by atoms with Crippen molar-refractivity contribution in [2.45, 2.75) is 23.8 Å². The number of halogens is 2. The summed E-state index contributed by atoms with van der Waals surface area (Å²) >= 11 is 11.8. The van der Waals surface area contributed by atoms with Gasteiger partial charge in [-0.2, -0.15) is 0 Å². The minimum absolute atomic E-state index is 0.0331. The van der Waals surface area contributed by atoms with E-state index < -0.39 is 10.0 Å². The number of nitrogens with zero attached hydrogens (tertiary/aromatic N) is 1. The summed E-state index contributed by atoms with van der Waals surface area (Å²) in [5.74, 6) is 0. The standard InChI is InChI=1S/C12H17Cl2N3O2S/c1-17-6-2-3-8(7-17)16-20(18,19)10-5-4-9(13)12(15)11(10)14/h4-5,8,16H,2-3,6-7,15H2,1H3. The van der Waals surface area contributed by atoms with Crippen molar-refractivity contribution >= 4 is 38.9 Å². The average Bonchev–Trinajstić information content (AvgIpc) is 2.35. The van der Waals surface area contributed by atoms with Gasteiger partial charge in [-0.1, -0.05) is 23.2 Å². The molecule has 0 saturated carbocycles. The molecule has 20 heavy (non-hydrogen) atoms. The molecule has 0 amide bonds. The Bertz CT molecular complexity index is 607. The number of anilines is 1. The number of piperidine rings is 1. The zero-order valence-corrected chi connectivity index (χ0v) is 13.4. The minimum atomic E-state index is -3.70. The Morgan fingerprint density at radius 1 is 1.40 bits per heavy atom. The van der Waals surface area contributed by atoms with E-state index in [4.69, 9.17) is 28.9 Å². The summed E-state index contributed by atoms with van der Waals surface area (Å²) in [7, 11) is -1.73. The van der Waals surface area contributed by atoms with Crippen LogP contribution in [0.5, 0.6) is 0 Å². The van der Waals surface area contributed by atoms with Gasteiger partial charge in [0, 0.05) is 12.6 Å². The van der Waals surface area contributed by atoms with E-state index in [-0.39, 0.29) is 26.7 Å². The summed E-state index contributed by atoms with van der Waals surface area (Å²) in [5.41, 5.74) is 5.75. The van der Waals surface area contributed by atoms with E-state index >= 15 is 0 Å². The van der Waals surface area contributed by atoms with E-state index in [9.17, 15) is 8.42 Å². The van der Waals surface area contributed by atoms with Crippen LogP contribution >= 0.6 is 23.2 Å². The van der Waals surface area contributed by atoms with Gasteiger partial charge in [0.1, 0.15) is 4.90 Å². The molecule has 0 spiro atoms. The summed E-state index contributed by atoms with van der Waals surface area (Å²) in [6.45, 7) is 1.66. The molecule has 0 bridgehead atoms. The molecule has 2 rings (SSSR count). The number of nitrogens with one attached hydrogen (secondary N) is 1. The number of rotatable bonds is 3. The Balaban J connectivity index is 2.25. The van der Waals surface area contributed by atoms with Crippen molar-refractivity contribution in [3.63, 3.8) is 0 Å². The predicted molar refractivity (Wildman–Crippen MR) is 81.7 cm³/mol. The van der Waals surface area contributed by atoms with Crippen molar-refractivity contribution in [2.24, 2.45) is 0 Å². The summed E-state index contributed by atoms with van der Waals surface area (Å²) in [6, 6.07) is 2.69. The second-order valence-corrected chi connectivity index (χ2v) is 7.46. The van der Waals surface area contributed by atoms with Crippen molar-refractivity contribution < 1.29 is 8.42 Å². The van der Waals surface area contributed by atoms with Gasteiger partial charge in [0.25, 0.3) is 0 Å². The summed E-state index contributed by atoms with van der Waals surface area (Å²) in [5, 5.41) is 0.209. The smallest absolute Gasteiger partial charge is 0.242 e. The number of hydrogen-bond acceptors (Lipinski definition) is 4. The Hall–Kier alpha value is -0.530. The van der Waals surface area contributed by atoms with Crippen LogP contribution in [0.2, 0.25) is 10.0 Å². The quantitative estimate of drug-likeness (QED) is 0.826. The van der Waals surface area contributed by atoms with Crippen molar-refractivity contribution in [1.82, 2.24) is 9.62 Å². The van der Waals surface area contributed by atoms with Gasteiger partial charge in [-0.05, 0) is 38.6 Å². The largest absolute Gasteiger partial charge is 0.396 e. The number of benzene rings is 1. The molecule has 1 aliphatic rings. The third-order valence-electron chi connectivity index (χ3n) is 3.33. The fourth-order valence-corrected chi connectivity index (χ4v) is 4.33. The van der Waals surface area contributed by atoms with Crippen LogP contribution in [0, 0.1) is 0 Å². The second-order valence-electron chi connectivity index (χ2n) is 5.00. The first-order valence-electron chi connectivity index (χ1n) is 6.25. The Labute approximate surface area is 129 Å². The molecule has 1 unspecified atom stereocenters. The lowest BCUT2D eigenvalue weighted by Crippen LogP contribution is -2.46. The van der Waals surface area contributed by atoms with Crippen LogP contribution in [0.4, 0.5) is 5.69 Å². The third-order valence-corrected chi connectivity index (χ3v) is 5.74. The van der Waals surface area contributed by atoms with Gasteiger partial charge in [0.15, 0.2) is 0 Å². The number of nitrogens with two attached hydrogens (primary N) is 1. The van der Waals surface area contributed by atoms with E-state index in [1.54, 1.807) is 0 Å². The van der Waals surface area contributed by atoms with Crippen LogP contribution in [0.25, 0.3) is 0 Å². The highest BCUT2D eigenvalue weighted by atomic mass is 35.5. The van der Waals surface area contributed by atoms with Gasteiger partial charge in [-0.25, -0.2) is 13.1 Å². The van der Waals surface area contributed by atoms with Crippen molar-refractivity contribution in [1.29, 1.82) is 0 Å². The Morgan fingerprint density at radius 2 is 2.10 bits per heavy atom. The predicted octanol–water partition coefficient (Wildman–Crippen LogP) is 1.95. The molecular weight excluding hydrogens is 321 g/mol. The normalized spacial score (nSPS) is 21.1. The molecular formula is C12H17Cl2N3O2S. The highest BCUT2D eigenvalue weighted by Crippen LogP contribution is 2.33. The van der Waals surface area contributed by atoms with Crippen molar-refractivity contribution in [2.75, 3.05) is 25.9 Å². The molecule has 1 saturated heterocycles. The van der Waals surface area contributed by atoms with E-state index in [0.717, 1.165) is 19.4 Å². The molecule has 0 radical (unpaired) electrons. The molecule has 1 heterocycles. The van der Waals surface area contributed by atoms with Crippen LogP contribution < -0.4 is 10.5 Å². The molecule has 0 aromatic heterocycles. The number of hydrogen-bond donors (Lipinski definition) is 2. The number of likely N-dealkylation sites (tertiary alicyclic amines) is 1. The van der Waals surface area contributed by atoms with Gasteiger partial charge in [0.2, 0.25) is 10.0 Å². The summed E-state index contributed by atoms with van der Waals surface area (Å²) in [6.07, 6.45) is 1.77. The fourth-order valence-electron chi connectivity index (χ4n) is 2.30. The van der Waals surface area contributed by atoms with Gasteiger partial charge >= 0.3 is 0 Å². The van der Waals surface area contributed by atoms with Gasteiger partial charge < -0.3 is 10.6 Å². The second kappa shape index (κ2) is 6.07. The first-order chi connectivity index (χ1) is 9.31. The first-order valence-corrected chi connectivity index (χ1v) is 8.49. The first kappa shape index (κ1) is 15.9. The van der Waals surface area contributed by atoms with Crippen molar-refractivity contribution in [3.8, 4) is 0 Å². The van der Waals surface area contributed by atoms with E-state index in [0.29, 0.717) is 6.54 Å². The zero-order valence-electron chi connectivity index (χ0n) is 11.1. The van der Waals surface area contributed by atoms with Crippen LogP contribution in [-0.2, 0) is 10.0 Å². The molecule has 1 aromatic carbocycles. The van der Waals surface area contributed by atoms with Crippen LogP contribution in [0.15, 0.2) is 17.0 Å². The fraction of sp³-hybridized carbons (Fsp3) is 0.500. The highest BCUT2D eigenvalue weighted by Gasteiger charge is 2.26. The maximum absolute atomic E-state index is 12.4. The van der Waals surface area contributed by atoms with Crippen LogP contribution in [0.1, 0.15) is 12.8 Å². The van der Waals surface area contributed by atoms with E-state index in [2.05, 4.69) is 9.62 Å². The summed E-state index contributed by atoms with van der Waals surface area (Å²) in [4.78, 5) is 2.06. The molecule has 112 valence electrons. The topological polar surface area (TPSA) is 75.4 Å². The van der Waals surface area contributed by atoms with Gasteiger partial charge in [0.05, 0.1) is 15.7 Å². The van der Waals surface area contributed by atoms with E-state index in [1.165, 1.54) is 12.1 Å². The number of nitrogen functional groups attached to an aromatic ring is 1. The molecule has 8 heteroatoms. The van der Waals surface area contributed by atoms with Crippen LogP contribution in [0.3, 0.4) is 0 Å². The lowest BCUT2D eigenvalue weighted by atomic mass is 10.1. The maximum atomic E-state index is 12.4. The molecule has 1 fully saturated rings. The highest BCUT2D eigenvalue weighted by molar-refractivity contribution is 7.89. The lowest BCUT2D eigenvalue weighted by Gasteiger charge is -2.30. The van der Waals surface area contributed by atoms with Crippen LogP contribution in [-0.4, -0.2) is 39.5 Å². The maximum Gasteiger partial charge on any atom is 0.242 e. The monoisotopic (exact) mass is 337 g/mol. The molecule has 0 aliphatic carbocycles.